The van der Waals surface area contributed by atoms with Crippen LogP contribution in [0.15, 0.2) is 30.3 Å². The van der Waals surface area contributed by atoms with E-state index in [9.17, 15) is 14.4 Å². The van der Waals surface area contributed by atoms with Gasteiger partial charge in [-0.1, -0.05) is 44.2 Å². The van der Waals surface area contributed by atoms with E-state index in [1.807, 2.05) is 30.3 Å². The zero-order valence-electron chi connectivity index (χ0n) is 17.4. The van der Waals surface area contributed by atoms with Gasteiger partial charge in [-0.15, -0.1) is 0 Å². The molecule has 1 heterocycles. The lowest BCUT2D eigenvalue weighted by molar-refractivity contribution is -0.309. The normalized spacial score (nSPS) is 21.0. The summed E-state index contributed by atoms with van der Waals surface area (Å²) in [4.78, 5) is 36.7. The molecule has 29 heavy (non-hydrogen) atoms. The molecule has 0 radical (unpaired) electrons. The highest BCUT2D eigenvalue weighted by molar-refractivity contribution is 5.89. The number of amides is 2. The third kappa shape index (κ3) is 6.83. The Bertz CT molecular complexity index is 732. The van der Waals surface area contributed by atoms with Crippen LogP contribution >= 0.6 is 0 Å². The van der Waals surface area contributed by atoms with Gasteiger partial charge >= 0.3 is 5.97 Å². The van der Waals surface area contributed by atoms with E-state index in [1.165, 1.54) is 0 Å². The number of nitrogens with two attached hydrogens (primary N) is 1. The first-order chi connectivity index (χ1) is 13.5. The number of primary amides is 1. The number of carbonyl (C=O) groups excluding carboxylic acids is 3. The topological polar surface area (TPSA) is 117 Å². The van der Waals surface area contributed by atoms with Crippen LogP contribution in [0.2, 0.25) is 0 Å². The van der Waals surface area contributed by atoms with E-state index in [2.05, 4.69) is 5.32 Å². The molecule has 1 aromatic rings. The van der Waals surface area contributed by atoms with Crippen molar-refractivity contribution in [3.8, 4) is 0 Å². The van der Waals surface area contributed by atoms with Gasteiger partial charge in [0.25, 0.3) is 5.91 Å². The van der Waals surface area contributed by atoms with Gasteiger partial charge < -0.3 is 25.3 Å². The lowest BCUT2D eigenvalue weighted by atomic mass is 9.86. The molecule has 1 saturated heterocycles. The molecule has 1 unspecified atom stereocenters. The Morgan fingerprint density at radius 3 is 2.48 bits per heavy atom. The molecule has 8 heteroatoms. The molecular weight excluding hydrogens is 376 g/mol. The number of hydrogen-bond acceptors (Lipinski definition) is 6. The zero-order valence-corrected chi connectivity index (χ0v) is 17.4. The van der Waals surface area contributed by atoms with Crippen LogP contribution in [0.4, 0.5) is 0 Å². The van der Waals surface area contributed by atoms with Crippen LogP contribution in [0.1, 0.15) is 39.7 Å². The quantitative estimate of drug-likeness (QED) is 0.629. The monoisotopic (exact) mass is 406 g/mol. The van der Waals surface area contributed by atoms with Crippen molar-refractivity contribution >= 4 is 17.8 Å². The van der Waals surface area contributed by atoms with Crippen molar-refractivity contribution in [1.82, 2.24) is 5.32 Å². The van der Waals surface area contributed by atoms with Crippen molar-refractivity contribution in [2.24, 2.45) is 11.1 Å². The lowest BCUT2D eigenvalue weighted by Gasteiger charge is -2.44. The highest BCUT2D eigenvalue weighted by Crippen LogP contribution is 2.35. The number of benzene rings is 1. The van der Waals surface area contributed by atoms with Crippen molar-refractivity contribution < 1.29 is 28.6 Å². The van der Waals surface area contributed by atoms with Crippen LogP contribution in [-0.2, 0) is 35.0 Å². The first kappa shape index (κ1) is 22.8. The summed E-state index contributed by atoms with van der Waals surface area (Å²) < 4.78 is 16.7. The van der Waals surface area contributed by atoms with Crippen LogP contribution in [0.25, 0.3) is 0 Å². The van der Waals surface area contributed by atoms with Gasteiger partial charge in [-0.3, -0.25) is 9.59 Å². The first-order valence-corrected chi connectivity index (χ1v) is 9.62. The van der Waals surface area contributed by atoms with Crippen LogP contribution in [0, 0.1) is 5.41 Å². The van der Waals surface area contributed by atoms with E-state index in [0.717, 1.165) is 5.56 Å². The fourth-order valence-corrected chi connectivity index (χ4v) is 2.94. The minimum atomic E-state index is -1.32. The predicted octanol–water partition coefficient (Wildman–Crippen LogP) is 1.31. The van der Waals surface area contributed by atoms with Gasteiger partial charge in [-0.05, 0) is 25.8 Å². The van der Waals surface area contributed by atoms with Crippen molar-refractivity contribution in [3.63, 3.8) is 0 Å². The Kier molecular flexibility index (Phi) is 7.37. The van der Waals surface area contributed by atoms with Crippen LogP contribution < -0.4 is 11.1 Å². The molecule has 2 rings (SSSR count). The fraction of sp³-hybridized carbons (Fsp3) is 0.571. The summed E-state index contributed by atoms with van der Waals surface area (Å²) in [7, 11) is 0. The SMILES string of the molecule is CC1(C)OCC(C)(C)[C@H](C(=O)OC(CC(N)=O)C(=O)NCCc2ccccc2)O1. The summed E-state index contributed by atoms with van der Waals surface area (Å²) in [5.74, 6) is -3.00. The van der Waals surface area contributed by atoms with Crippen molar-refractivity contribution in [3.05, 3.63) is 35.9 Å². The number of carbonyl (C=O) groups is 3. The molecule has 0 aliphatic carbocycles. The van der Waals surface area contributed by atoms with E-state index in [4.69, 9.17) is 19.9 Å². The maximum absolute atomic E-state index is 12.8. The van der Waals surface area contributed by atoms with Gasteiger partial charge in [0.05, 0.1) is 13.0 Å². The largest absolute Gasteiger partial charge is 0.450 e. The molecule has 0 spiro atoms. The lowest BCUT2D eigenvalue weighted by Crippen LogP contribution is -2.55. The Hall–Kier alpha value is -2.45. The first-order valence-electron chi connectivity index (χ1n) is 9.62. The van der Waals surface area contributed by atoms with Crippen molar-refractivity contribution in [2.45, 2.75) is 58.5 Å². The third-order valence-corrected chi connectivity index (χ3v) is 4.61. The molecule has 0 bridgehead atoms. The standard InChI is InChI=1S/C21H30N2O6/c1-20(2)13-27-21(3,4)29-17(20)19(26)28-15(12-16(22)24)18(25)23-11-10-14-8-6-5-7-9-14/h5-9,15,17H,10-13H2,1-4H3,(H2,22,24)(H,23,25)/t15?,17-/m0/s1. The summed E-state index contributed by atoms with van der Waals surface area (Å²) in [5.41, 5.74) is 5.63. The second-order valence-corrected chi connectivity index (χ2v) is 8.30. The van der Waals surface area contributed by atoms with E-state index < -0.39 is 47.6 Å². The maximum Gasteiger partial charge on any atom is 0.336 e. The third-order valence-electron chi connectivity index (χ3n) is 4.61. The van der Waals surface area contributed by atoms with Gasteiger partial charge in [-0.2, -0.15) is 0 Å². The zero-order chi connectivity index (χ0) is 21.7. The molecule has 2 amide bonds. The van der Waals surface area contributed by atoms with Crippen LogP contribution in [0.5, 0.6) is 0 Å². The highest BCUT2D eigenvalue weighted by Gasteiger charge is 2.47. The maximum atomic E-state index is 12.8. The second-order valence-electron chi connectivity index (χ2n) is 8.30. The molecule has 8 nitrogen and oxygen atoms in total. The predicted molar refractivity (Wildman–Crippen MR) is 106 cm³/mol. The molecule has 0 saturated carbocycles. The van der Waals surface area contributed by atoms with Gasteiger partial charge in [0, 0.05) is 12.0 Å². The summed E-state index contributed by atoms with van der Waals surface area (Å²) >= 11 is 0. The van der Waals surface area contributed by atoms with E-state index >= 15 is 0 Å². The fourth-order valence-electron chi connectivity index (χ4n) is 2.94. The Labute approximate surface area is 171 Å². The Morgan fingerprint density at radius 1 is 1.21 bits per heavy atom. The smallest absolute Gasteiger partial charge is 0.336 e. The minimum absolute atomic E-state index is 0.281. The van der Waals surface area contributed by atoms with Gasteiger partial charge in [0.2, 0.25) is 5.91 Å². The summed E-state index contributed by atoms with van der Waals surface area (Å²) in [6.07, 6.45) is -2.07. The van der Waals surface area contributed by atoms with Crippen molar-refractivity contribution in [1.29, 1.82) is 0 Å². The van der Waals surface area contributed by atoms with Crippen LogP contribution in [0.3, 0.4) is 0 Å². The molecule has 0 aromatic heterocycles. The summed E-state index contributed by atoms with van der Waals surface area (Å²) in [6, 6.07) is 9.61. The summed E-state index contributed by atoms with van der Waals surface area (Å²) in [6.45, 7) is 7.61. The molecule has 3 N–H and O–H groups in total. The molecule has 1 aromatic carbocycles. The van der Waals surface area contributed by atoms with E-state index in [0.29, 0.717) is 13.0 Å². The average Bonchev–Trinajstić information content (AvgIpc) is 2.64. The van der Waals surface area contributed by atoms with E-state index in [-0.39, 0.29) is 6.61 Å². The number of rotatable bonds is 8. The molecule has 1 fully saturated rings. The van der Waals surface area contributed by atoms with Gasteiger partial charge in [0.15, 0.2) is 18.0 Å². The minimum Gasteiger partial charge on any atom is -0.450 e. The molecular formula is C21H30N2O6. The Balaban J connectivity index is 2.00. The van der Waals surface area contributed by atoms with Gasteiger partial charge in [-0.25, -0.2) is 4.79 Å². The molecule has 2 atom stereocenters. The van der Waals surface area contributed by atoms with E-state index in [1.54, 1.807) is 27.7 Å². The highest BCUT2D eigenvalue weighted by atomic mass is 16.7. The molecule has 1 aliphatic heterocycles. The number of hydrogen-bond donors (Lipinski definition) is 2. The summed E-state index contributed by atoms with van der Waals surface area (Å²) in [5, 5.41) is 2.69. The number of ether oxygens (including phenoxy) is 3. The number of nitrogens with one attached hydrogen (secondary N) is 1. The molecule has 160 valence electrons. The number of esters is 1. The Morgan fingerprint density at radius 2 is 1.86 bits per heavy atom. The molecule has 1 aliphatic rings. The van der Waals surface area contributed by atoms with Gasteiger partial charge in [0.1, 0.15) is 0 Å². The van der Waals surface area contributed by atoms with Crippen molar-refractivity contribution in [2.75, 3.05) is 13.2 Å². The second kappa shape index (κ2) is 9.37. The van der Waals surface area contributed by atoms with Crippen LogP contribution in [-0.4, -0.2) is 48.9 Å². The average molecular weight is 406 g/mol.